The minimum absolute atomic E-state index is 0.0656. The average Bonchev–Trinajstić information content (AvgIpc) is 2.53. The van der Waals surface area contributed by atoms with E-state index in [4.69, 9.17) is 4.42 Å². The summed E-state index contributed by atoms with van der Waals surface area (Å²) in [5.74, 6) is 0. The molecular formula is C17H19NO3. The predicted octanol–water partition coefficient (Wildman–Crippen LogP) is 3.37. The van der Waals surface area contributed by atoms with E-state index >= 15 is 0 Å². The summed E-state index contributed by atoms with van der Waals surface area (Å²) in [6.07, 6.45) is 6.84. The van der Waals surface area contributed by atoms with Crippen LogP contribution in [0, 0.1) is 0 Å². The minimum Gasteiger partial charge on any atom is -0.422 e. The fourth-order valence-electron chi connectivity index (χ4n) is 3.10. The second-order valence-corrected chi connectivity index (χ2v) is 5.73. The molecule has 0 atom stereocenters. The van der Waals surface area contributed by atoms with Crippen LogP contribution in [0.2, 0.25) is 0 Å². The number of hydrogen-bond donors (Lipinski definition) is 0. The van der Waals surface area contributed by atoms with E-state index in [-0.39, 0.29) is 5.56 Å². The van der Waals surface area contributed by atoms with Crippen molar-refractivity contribution in [2.75, 3.05) is 11.9 Å². The molecule has 0 radical (unpaired) electrons. The number of carbonyl (C=O) groups is 1. The van der Waals surface area contributed by atoms with Gasteiger partial charge in [0, 0.05) is 30.2 Å². The van der Waals surface area contributed by atoms with Crippen LogP contribution < -0.4 is 10.5 Å². The zero-order valence-corrected chi connectivity index (χ0v) is 12.2. The van der Waals surface area contributed by atoms with Crippen molar-refractivity contribution in [3.05, 3.63) is 40.2 Å². The summed E-state index contributed by atoms with van der Waals surface area (Å²) in [4.78, 5) is 24.7. The molecule has 4 heteroatoms. The summed E-state index contributed by atoms with van der Waals surface area (Å²) in [6, 6.07) is 7.95. The van der Waals surface area contributed by atoms with E-state index in [0.29, 0.717) is 17.9 Å². The molecule has 2 aromatic rings. The third-order valence-corrected chi connectivity index (χ3v) is 4.40. The van der Waals surface area contributed by atoms with Gasteiger partial charge in [-0.1, -0.05) is 19.3 Å². The second-order valence-electron chi connectivity index (χ2n) is 5.73. The van der Waals surface area contributed by atoms with Gasteiger partial charge in [0.2, 0.25) is 0 Å². The van der Waals surface area contributed by atoms with Crippen LogP contribution >= 0.6 is 0 Å². The van der Waals surface area contributed by atoms with Crippen molar-refractivity contribution in [1.82, 2.24) is 0 Å². The zero-order valence-electron chi connectivity index (χ0n) is 12.2. The van der Waals surface area contributed by atoms with Gasteiger partial charge in [0.1, 0.15) is 11.1 Å². The topological polar surface area (TPSA) is 50.5 Å². The first-order valence-corrected chi connectivity index (χ1v) is 7.45. The molecule has 0 aliphatic heterocycles. The van der Waals surface area contributed by atoms with Gasteiger partial charge in [0.25, 0.3) is 0 Å². The Morgan fingerprint density at radius 1 is 1.19 bits per heavy atom. The van der Waals surface area contributed by atoms with E-state index in [1.165, 1.54) is 32.1 Å². The summed E-state index contributed by atoms with van der Waals surface area (Å²) in [5, 5.41) is 0.775. The number of fused-ring (bicyclic) bond motifs is 1. The molecule has 3 rings (SSSR count). The number of carbonyl (C=O) groups excluding carboxylic acids is 1. The average molecular weight is 285 g/mol. The quantitative estimate of drug-likeness (QED) is 0.641. The van der Waals surface area contributed by atoms with Crippen LogP contribution in [0.4, 0.5) is 5.69 Å². The van der Waals surface area contributed by atoms with Gasteiger partial charge >= 0.3 is 5.63 Å². The highest BCUT2D eigenvalue weighted by Gasteiger charge is 2.18. The predicted molar refractivity (Wildman–Crippen MR) is 83.1 cm³/mol. The molecule has 1 aromatic carbocycles. The van der Waals surface area contributed by atoms with E-state index in [0.717, 1.165) is 11.1 Å². The highest BCUT2D eigenvalue weighted by atomic mass is 16.4. The Labute approximate surface area is 123 Å². The molecule has 0 spiro atoms. The molecule has 0 unspecified atom stereocenters. The summed E-state index contributed by atoms with van der Waals surface area (Å²) >= 11 is 0. The van der Waals surface area contributed by atoms with Crippen LogP contribution in [-0.4, -0.2) is 19.4 Å². The van der Waals surface area contributed by atoms with Gasteiger partial charge in [-0.05, 0) is 31.0 Å². The van der Waals surface area contributed by atoms with E-state index in [9.17, 15) is 9.59 Å². The van der Waals surface area contributed by atoms with Crippen molar-refractivity contribution in [1.29, 1.82) is 0 Å². The summed E-state index contributed by atoms with van der Waals surface area (Å²) in [5.41, 5.74) is 1.08. The van der Waals surface area contributed by atoms with Gasteiger partial charge in [-0.2, -0.15) is 0 Å². The Balaban J connectivity index is 1.96. The third kappa shape index (κ3) is 2.71. The lowest BCUT2D eigenvalue weighted by molar-refractivity contribution is 0.112. The Morgan fingerprint density at radius 2 is 1.95 bits per heavy atom. The molecule has 4 nitrogen and oxygen atoms in total. The van der Waals surface area contributed by atoms with Crippen LogP contribution in [0.3, 0.4) is 0 Å². The molecule has 1 heterocycles. The standard InChI is InChI=1S/C17H19NO3/c1-18(14-5-3-2-4-6-14)15-8-7-12-9-13(11-19)17(20)21-16(12)10-15/h7-11,14H,2-6H2,1H3. The van der Waals surface area contributed by atoms with E-state index in [1.54, 1.807) is 6.07 Å². The minimum atomic E-state index is -0.574. The number of benzene rings is 1. The maximum absolute atomic E-state index is 11.6. The highest BCUT2D eigenvalue weighted by Crippen LogP contribution is 2.28. The molecule has 0 saturated heterocycles. The summed E-state index contributed by atoms with van der Waals surface area (Å²) in [7, 11) is 2.09. The number of aldehydes is 1. The fraction of sp³-hybridized carbons (Fsp3) is 0.412. The monoisotopic (exact) mass is 285 g/mol. The summed E-state index contributed by atoms with van der Waals surface area (Å²) < 4.78 is 5.25. The Hall–Kier alpha value is -2.10. The van der Waals surface area contributed by atoms with E-state index < -0.39 is 5.63 Å². The Kier molecular flexibility index (Phi) is 3.78. The number of hydrogen-bond acceptors (Lipinski definition) is 4. The molecule has 1 fully saturated rings. The first-order chi connectivity index (χ1) is 10.2. The maximum Gasteiger partial charge on any atom is 0.346 e. The lowest BCUT2D eigenvalue weighted by atomic mass is 9.94. The number of anilines is 1. The third-order valence-electron chi connectivity index (χ3n) is 4.40. The molecule has 1 aliphatic carbocycles. The van der Waals surface area contributed by atoms with Crippen LogP contribution in [0.15, 0.2) is 33.5 Å². The van der Waals surface area contributed by atoms with Gasteiger partial charge in [0.05, 0.1) is 0 Å². The van der Waals surface area contributed by atoms with Gasteiger partial charge < -0.3 is 9.32 Å². The zero-order chi connectivity index (χ0) is 14.8. The molecule has 1 aromatic heterocycles. The van der Waals surface area contributed by atoms with Gasteiger partial charge in [-0.25, -0.2) is 4.79 Å². The maximum atomic E-state index is 11.6. The van der Waals surface area contributed by atoms with Crippen LogP contribution in [-0.2, 0) is 0 Å². The van der Waals surface area contributed by atoms with Crippen LogP contribution in [0.1, 0.15) is 42.5 Å². The van der Waals surface area contributed by atoms with Crippen molar-refractivity contribution < 1.29 is 9.21 Å². The first kappa shape index (κ1) is 13.9. The normalized spacial score (nSPS) is 16.0. The Morgan fingerprint density at radius 3 is 2.67 bits per heavy atom. The van der Waals surface area contributed by atoms with Crippen LogP contribution in [0.25, 0.3) is 11.0 Å². The largest absolute Gasteiger partial charge is 0.422 e. The Bertz CT molecular complexity index is 714. The van der Waals surface area contributed by atoms with Crippen molar-refractivity contribution in [3.63, 3.8) is 0 Å². The molecule has 21 heavy (non-hydrogen) atoms. The lowest BCUT2D eigenvalue weighted by Gasteiger charge is -2.33. The van der Waals surface area contributed by atoms with E-state index in [2.05, 4.69) is 11.9 Å². The van der Waals surface area contributed by atoms with Crippen LogP contribution in [0.5, 0.6) is 0 Å². The number of nitrogens with zero attached hydrogens (tertiary/aromatic N) is 1. The summed E-state index contributed by atoms with van der Waals surface area (Å²) in [6.45, 7) is 0. The van der Waals surface area contributed by atoms with Crippen molar-refractivity contribution in [2.24, 2.45) is 0 Å². The van der Waals surface area contributed by atoms with Crippen molar-refractivity contribution in [3.8, 4) is 0 Å². The van der Waals surface area contributed by atoms with Gasteiger partial charge in [-0.3, -0.25) is 4.79 Å². The smallest absolute Gasteiger partial charge is 0.346 e. The molecular weight excluding hydrogens is 266 g/mol. The molecule has 0 bridgehead atoms. The fourth-order valence-corrected chi connectivity index (χ4v) is 3.10. The van der Waals surface area contributed by atoms with Crippen molar-refractivity contribution in [2.45, 2.75) is 38.1 Å². The van der Waals surface area contributed by atoms with Gasteiger partial charge in [-0.15, -0.1) is 0 Å². The number of rotatable bonds is 3. The van der Waals surface area contributed by atoms with E-state index in [1.807, 2.05) is 18.2 Å². The molecule has 0 N–H and O–H groups in total. The molecule has 1 saturated carbocycles. The second kappa shape index (κ2) is 5.72. The lowest BCUT2D eigenvalue weighted by Crippen LogP contribution is -2.33. The SMILES string of the molecule is CN(c1ccc2cc(C=O)c(=O)oc2c1)C1CCCCC1. The molecule has 1 aliphatic rings. The van der Waals surface area contributed by atoms with Gasteiger partial charge in [0.15, 0.2) is 6.29 Å². The first-order valence-electron chi connectivity index (χ1n) is 7.45. The molecule has 0 amide bonds. The molecule has 110 valence electrons. The highest BCUT2D eigenvalue weighted by molar-refractivity contribution is 5.86. The van der Waals surface area contributed by atoms with Crippen molar-refractivity contribution >= 4 is 22.9 Å².